The van der Waals surface area contributed by atoms with Crippen LogP contribution >= 0.6 is 11.8 Å². The lowest BCUT2D eigenvalue weighted by Crippen LogP contribution is -2.35. The largest absolute Gasteiger partial charge is 0.399 e. The van der Waals surface area contributed by atoms with E-state index in [-0.39, 0.29) is 5.41 Å². The number of nitrogens with zero attached hydrogens (tertiary/aromatic N) is 1. The van der Waals surface area contributed by atoms with Crippen LogP contribution in [0.1, 0.15) is 25.8 Å². The van der Waals surface area contributed by atoms with E-state index < -0.39 is 0 Å². The molecule has 0 bridgehead atoms. The molecule has 18 heavy (non-hydrogen) atoms. The van der Waals surface area contributed by atoms with Crippen LogP contribution in [0.5, 0.6) is 0 Å². The Bertz CT molecular complexity index is 346. The van der Waals surface area contributed by atoms with Gasteiger partial charge < -0.3 is 10.6 Å². The average molecular weight is 266 g/mol. The van der Waals surface area contributed by atoms with Crippen molar-refractivity contribution < 1.29 is 0 Å². The summed E-state index contributed by atoms with van der Waals surface area (Å²) < 4.78 is 0. The summed E-state index contributed by atoms with van der Waals surface area (Å²) in [5, 5.41) is 0. The molecule has 3 heteroatoms. The van der Waals surface area contributed by atoms with Gasteiger partial charge in [-0.3, -0.25) is 0 Å². The summed E-state index contributed by atoms with van der Waals surface area (Å²) in [6, 6.07) is 8.27. The maximum absolute atomic E-state index is 5.74. The van der Waals surface area contributed by atoms with Crippen molar-refractivity contribution in [2.75, 3.05) is 37.9 Å². The molecule has 0 amide bonds. The summed E-state index contributed by atoms with van der Waals surface area (Å²) in [6.07, 6.45) is 3.42. The molecule has 0 saturated carbocycles. The highest BCUT2D eigenvalue weighted by atomic mass is 32.2. The van der Waals surface area contributed by atoms with E-state index in [0.717, 1.165) is 12.2 Å². The Kier molecular flexibility index (Phi) is 6.03. The van der Waals surface area contributed by atoms with E-state index in [0.29, 0.717) is 0 Å². The van der Waals surface area contributed by atoms with Crippen molar-refractivity contribution >= 4 is 17.4 Å². The summed E-state index contributed by atoms with van der Waals surface area (Å²) in [5.41, 5.74) is 8.10. The number of hydrogen-bond donors (Lipinski definition) is 1. The smallest absolute Gasteiger partial charge is 0.0314 e. The molecular formula is C15H26N2S. The number of nitrogens with two attached hydrogens (primary N) is 1. The Morgan fingerprint density at radius 1 is 1.22 bits per heavy atom. The minimum absolute atomic E-state index is 0.168. The van der Waals surface area contributed by atoms with Crippen LogP contribution in [0, 0.1) is 0 Å². The third kappa shape index (κ3) is 4.91. The van der Waals surface area contributed by atoms with Crippen LogP contribution in [0.3, 0.4) is 0 Å². The van der Waals surface area contributed by atoms with Gasteiger partial charge in [-0.15, -0.1) is 0 Å². The molecule has 102 valence electrons. The third-order valence-electron chi connectivity index (χ3n) is 3.25. The van der Waals surface area contributed by atoms with Gasteiger partial charge in [0, 0.05) is 17.6 Å². The number of anilines is 1. The lowest BCUT2D eigenvalue weighted by Gasteiger charge is -2.31. The predicted molar refractivity (Wildman–Crippen MR) is 84.4 cm³/mol. The fraction of sp³-hybridized carbons (Fsp3) is 0.600. The second-order valence-electron chi connectivity index (χ2n) is 5.59. The number of nitrogen functional groups attached to an aromatic ring is 1. The minimum atomic E-state index is 0.168. The molecule has 0 radical (unpaired) electrons. The molecule has 0 aliphatic rings. The molecule has 0 atom stereocenters. The second kappa shape index (κ2) is 7.05. The molecule has 0 aliphatic carbocycles. The number of hydrogen-bond acceptors (Lipinski definition) is 3. The van der Waals surface area contributed by atoms with Gasteiger partial charge in [0.05, 0.1) is 0 Å². The minimum Gasteiger partial charge on any atom is -0.399 e. The molecule has 2 nitrogen and oxygen atoms in total. The van der Waals surface area contributed by atoms with Gasteiger partial charge in [0.15, 0.2) is 0 Å². The molecule has 0 saturated heterocycles. The van der Waals surface area contributed by atoms with E-state index in [1.165, 1.54) is 24.3 Å². The first-order chi connectivity index (χ1) is 8.45. The van der Waals surface area contributed by atoms with Crippen molar-refractivity contribution in [3.05, 3.63) is 29.8 Å². The van der Waals surface area contributed by atoms with E-state index in [1.807, 2.05) is 23.9 Å². The predicted octanol–water partition coefficient (Wildman–Crippen LogP) is 3.23. The van der Waals surface area contributed by atoms with Crippen molar-refractivity contribution in [2.24, 2.45) is 0 Å². The maximum Gasteiger partial charge on any atom is 0.0314 e. The Morgan fingerprint density at radius 2 is 1.83 bits per heavy atom. The Hall–Kier alpha value is -0.670. The van der Waals surface area contributed by atoms with Gasteiger partial charge in [-0.05, 0) is 49.7 Å². The van der Waals surface area contributed by atoms with Gasteiger partial charge in [0.1, 0.15) is 0 Å². The summed E-state index contributed by atoms with van der Waals surface area (Å²) in [6.45, 7) is 6.83. The molecule has 0 fully saturated rings. The zero-order valence-corrected chi connectivity index (χ0v) is 12.9. The Morgan fingerprint density at radius 3 is 2.39 bits per heavy atom. The first kappa shape index (κ1) is 15.4. The normalized spacial score (nSPS) is 12.1. The number of likely N-dealkylation sites (N-methyl/N-ethyl adjacent to an activating group) is 1. The SMILES string of the molecule is CSCCCN(C)CC(C)(C)c1ccc(N)cc1. The van der Waals surface area contributed by atoms with Crippen LogP contribution < -0.4 is 5.73 Å². The van der Waals surface area contributed by atoms with Crippen molar-refractivity contribution in [3.8, 4) is 0 Å². The molecule has 0 aliphatic heterocycles. The summed E-state index contributed by atoms with van der Waals surface area (Å²) in [4.78, 5) is 2.42. The zero-order chi connectivity index (χ0) is 13.6. The lowest BCUT2D eigenvalue weighted by molar-refractivity contribution is 0.269. The van der Waals surface area contributed by atoms with Crippen LogP contribution in [0.2, 0.25) is 0 Å². The molecule has 1 aromatic rings. The fourth-order valence-electron chi connectivity index (χ4n) is 2.26. The monoisotopic (exact) mass is 266 g/mol. The topological polar surface area (TPSA) is 29.3 Å². The highest BCUT2D eigenvalue weighted by Gasteiger charge is 2.22. The van der Waals surface area contributed by atoms with Crippen LogP contribution in [0.15, 0.2) is 24.3 Å². The van der Waals surface area contributed by atoms with Crippen LogP contribution in [-0.4, -0.2) is 37.0 Å². The molecule has 0 spiro atoms. The molecule has 2 N–H and O–H groups in total. The molecule has 1 rings (SSSR count). The Balaban J connectivity index is 2.55. The molecule has 0 aromatic heterocycles. The van der Waals surface area contributed by atoms with Gasteiger partial charge in [0.25, 0.3) is 0 Å². The van der Waals surface area contributed by atoms with Crippen molar-refractivity contribution in [3.63, 3.8) is 0 Å². The number of thioether (sulfide) groups is 1. The number of rotatable bonds is 7. The molecule has 0 unspecified atom stereocenters. The highest BCUT2D eigenvalue weighted by Crippen LogP contribution is 2.24. The molecule has 0 heterocycles. The van der Waals surface area contributed by atoms with E-state index >= 15 is 0 Å². The Labute approximate surface area is 116 Å². The molecular weight excluding hydrogens is 240 g/mol. The zero-order valence-electron chi connectivity index (χ0n) is 12.1. The summed E-state index contributed by atoms with van der Waals surface area (Å²) in [5.74, 6) is 1.24. The first-order valence-corrected chi connectivity index (χ1v) is 7.88. The highest BCUT2D eigenvalue weighted by molar-refractivity contribution is 7.98. The van der Waals surface area contributed by atoms with E-state index in [2.05, 4.69) is 44.2 Å². The van der Waals surface area contributed by atoms with Crippen LogP contribution in [-0.2, 0) is 5.41 Å². The number of benzene rings is 1. The van der Waals surface area contributed by atoms with Gasteiger partial charge in [-0.2, -0.15) is 11.8 Å². The lowest BCUT2D eigenvalue weighted by atomic mass is 9.84. The van der Waals surface area contributed by atoms with Gasteiger partial charge in [-0.1, -0.05) is 26.0 Å². The van der Waals surface area contributed by atoms with Crippen molar-refractivity contribution in [1.82, 2.24) is 4.90 Å². The van der Waals surface area contributed by atoms with Gasteiger partial charge in [0.2, 0.25) is 0 Å². The quantitative estimate of drug-likeness (QED) is 0.607. The summed E-state index contributed by atoms with van der Waals surface area (Å²) in [7, 11) is 2.21. The third-order valence-corrected chi connectivity index (χ3v) is 3.94. The summed E-state index contributed by atoms with van der Waals surface area (Å²) >= 11 is 1.92. The fourth-order valence-corrected chi connectivity index (χ4v) is 2.68. The van der Waals surface area contributed by atoms with Crippen LogP contribution in [0.4, 0.5) is 5.69 Å². The second-order valence-corrected chi connectivity index (χ2v) is 6.58. The van der Waals surface area contributed by atoms with E-state index in [1.54, 1.807) is 0 Å². The first-order valence-electron chi connectivity index (χ1n) is 6.49. The van der Waals surface area contributed by atoms with Crippen molar-refractivity contribution in [2.45, 2.75) is 25.7 Å². The van der Waals surface area contributed by atoms with Crippen molar-refractivity contribution in [1.29, 1.82) is 0 Å². The van der Waals surface area contributed by atoms with E-state index in [9.17, 15) is 0 Å². The maximum atomic E-state index is 5.74. The molecule has 1 aromatic carbocycles. The van der Waals surface area contributed by atoms with E-state index in [4.69, 9.17) is 5.73 Å². The standard InChI is InChI=1S/C15H26N2S/c1-15(2,12-17(3)10-5-11-18-4)13-6-8-14(16)9-7-13/h6-9H,5,10-12,16H2,1-4H3. The van der Waals surface area contributed by atoms with Gasteiger partial charge in [-0.25, -0.2) is 0 Å². The average Bonchev–Trinajstić information content (AvgIpc) is 2.29. The van der Waals surface area contributed by atoms with Gasteiger partial charge >= 0.3 is 0 Å². The van der Waals surface area contributed by atoms with Crippen LogP contribution in [0.25, 0.3) is 0 Å².